The second-order valence-electron chi connectivity index (χ2n) is 0. The van der Waals surface area contributed by atoms with Gasteiger partial charge in [-0.2, -0.15) is 0 Å². The van der Waals surface area contributed by atoms with Gasteiger partial charge in [-0.1, -0.05) is 0 Å². The van der Waals surface area contributed by atoms with Gasteiger partial charge in [0, 0.05) is 0 Å². The van der Waals surface area contributed by atoms with Gasteiger partial charge in [-0.3, -0.25) is 10.5 Å². The van der Waals surface area contributed by atoms with Crippen LogP contribution in [0.2, 0.25) is 0 Å². The van der Waals surface area contributed by atoms with Crippen molar-refractivity contribution in [2.24, 2.45) is 0 Å². The molecule has 5 heavy (non-hydrogen) atoms. The van der Waals surface area contributed by atoms with E-state index in [1.807, 2.05) is 0 Å². The van der Waals surface area contributed by atoms with Crippen molar-refractivity contribution in [1.82, 2.24) is 0 Å². The fraction of sp³-hybridized carbons (Fsp3) is 0. The Labute approximate surface area is 71.2 Å². The van der Waals surface area contributed by atoms with Crippen molar-refractivity contribution in [2.75, 3.05) is 0 Å². The van der Waals surface area contributed by atoms with Crippen molar-refractivity contribution in [3.05, 3.63) is 0 Å². The van der Waals surface area contributed by atoms with Crippen LogP contribution in [0.15, 0.2) is 0 Å². The normalized spacial score (nSPS) is 1.20. The zero-order chi connectivity index (χ0) is 2.00. The molecule has 0 aromatic carbocycles. The van der Waals surface area contributed by atoms with E-state index in [4.69, 9.17) is 10.5 Å². The van der Waals surface area contributed by atoms with Crippen LogP contribution in [-0.4, -0.2) is 10.5 Å². The van der Waals surface area contributed by atoms with Crippen LogP contribution < -0.4 is 56.6 Å². The zero-order valence-corrected chi connectivity index (χ0v) is 3.89. The molecule has 0 saturated carbocycles. The zero-order valence-electron chi connectivity index (χ0n) is 6.89. The fourth-order valence-corrected chi connectivity index (χ4v) is 0. The first-order chi connectivity index (χ1) is 1.00. The van der Waals surface area contributed by atoms with Crippen LogP contribution in [0.4, 0.5) is 0 Å². The summed E-state index contributed by atoms with van der Waals surface area (Å²) in [5.74, 6) is 0. The molecule has 0 aliphatic rings. The van der Waals surface area contributed by atoms with E-state index >= 15 is 0 Å². The smallest absolute Gasteiger partial charge is 1.00 e. The van der Waals surface area contributed by atoms with E-state index in [-0.39, 0.29) is 60.9 Å². The maximum Gasteiger partial charge on any atom is 1.00 e. The molecule has 0 atom stereocenters. The Balaban J connectivity index is -0.000000000333. The van der Waals surface area contributed by atoms with Crippen molar-refractivity contribution in [3.63, 3.8) is 0 Å². The van der Waals surface area contributed by atoms with Crippen molar-refractivity contribution in [1.29, 1.82) is 0 Å². The van der Waals surface area contributed by atoms with Gasteiger partial charge in [0.15, 0.2) is 0 Å². The molecule has 0 fully saturated rings. The van der Waals surface area contributed by atoms with Crippen molar-refractivity contribution in [3.8, 4) is 0 Å². The van der Waals surface area contributed by atoms with Crippen LogP contribution in [0.25, 0.3) is 0 Å². The maximum atomic E-state index is 6.00. The average Bonchev–Trinajstić information content (AvgIpc) is 1.00. The van der Waals surface area contributed by atoms with E-state index in [9.17, 15) is 0 Å². The molecule has 5 heteroatoms. The number of hydrogen-bond acceptors (Lipinski definition) is 2. The van der Waals surface area contributed by atoms with Crippen LogP contribution >= 0.6 is 0 Å². The predicted molar refractivity (Wildman–Crippen MR) is 8.59 cm³/mol. The molecule has 0 heterocycles. The fourth-order valence-electron chi connectivity index (χ4n) is 0. The maximum absolute atomic E-state index is 6.00. The summed E-state index contributed by atoms with van der Waals surface area (Å²) in [7, 11) is 0. The van der Waals surface area contributed by atoms with E-state index < -0.39 is 0 Å². The molecule has 2 nitrogen and oxygen atoms in total. The Bertz CT molecular complexity index is 12.5. The van der Waals surface area contributed by atoms with Crippen LogP contribution in [0.3, 0.4) is 0 Å². The van der Waals surface area contributed by atoms with E-state index in [0.29, 0.717) is 0 Å². The Morgan fingerprint density at radius 1 is 0.800 bits per heavy atom. The summed E-state index contributed by atoms with van der Waals surface area (Å²) in [6, 6.07) is 0. The van der Waals surface area contributed by atoms with Crippen LogP contribution in [0.1, 0.15) is 4.28 Å². The van der Waals surface area contributed by atoms with E-state index in [1.165, 1.54) is 0 Å². The Morgan fingerprint density at radius 3 is 0.800 bits per heavy atom. The Hall–Kier alpha value is 1.71. The third-order valence-electron chi connectivity index (χ3n) is 0. The third kappa shape index (κ3) is 26.9. The Morgan fingerprint density at radius 2 is 0.800 bits per heavy atom. The van der Waals surface area contributed by atoms with E-state index in [1.54, 1.807) is 0 Å². The molecular weight excluding hydrogens is 52.8 g/mol. The van der Waals surface area contributed by atoms with Gasteiger partial charge in [0.05, 0.1) is 0 Å². The quantitative estimate of drug-likeness (QED) is 0.165. The monoisotopic (exact) mass is 58.1 g/mol. The standard InChI is InChI=1S/3Li.H2O2.3H/c;;;1-2;;;/h;;;1-2H;;;/q3*+1;;3*-1. The van der Waals surface area contributed by atoms with E-state index in [0.717, 1.165) is 0 Å². The van der Waals surface area contributed by atoms with Crippen LogP contribution in [0.5, 0.6) is 0 Å². The van der Waals surface area contributed by atoms with Crippen LogP contribution in [0, 0.1) is 0 Å². The molecule has 0 aliphatic heterocycles. The first-order valence-electron chi connectivity index (χ1n) is 0.200. The summed E-state index contributed by atoms with van der Waals surface area (Å²) in [6.45, 7) is 0. The Kier molecular flexibility index (Phi) is 258. The minimum absolute atomic E-state index is 0. The number of rotatable bonds is 0. The van der Waals surface area contributed by atoms with E-state index in [2.05, 4.69) is 0 Å². The molecule has 0 unspecified atom stereocenters. The molecule has 20 valence electrons. The van der Waals surface area contributed by atoms with Gasteiger partial charge in [-0.15, -0.1) is 0 Å². The minimum atomic E-state index is 0. The molecule has 0 spiro atoms. The van der Waals surface area contributed by atoms with Crippen LogP contribution in [-0.2, 0) is 0 Å². The van der Waals surface area contributed by atoms with Gasteiger partial charge < -0.3 is 4.28 Å². The van der Waals surface area contributed by atoms with Crippen molar-refractivity contribution < 1.29 is 71.4 Å². The van der Waals surface area contributed by atoms with Gasteiger partial charge in [-0.05, 0) is 0 Å². The first-order valence-corrected chi connectivity index (χ1v) is 0.200. The summed E-state index contributed by atoms with van der Waals surface area (Å²) < 4.78 is 0. The van der Waals surface area contributed by atoms with Gasteiger partial charge in [-0.25, -0.2) is 0 Å². The van der Waals surface area contributed by atoms with Gasteiger partial charge >= 0.3 is 56.6 Å². The number of hydrogen-bond donors (Lipinski definition) is 2. The predicted octanol–water partition coefficient (Wildman–Crippen LogP) is -8.63. The summed E-state index contributed by atoms with van der Waals surface area (Å²) in [5, 5.41) is 12.0. The molecule has 0 aromatic rings. The van der Waals surface area contributed by atoms with Crippen molar-refractivity contribution in [2.45, 2.75) is 0 Å². The first kappa shape index (κ1) is 29.8. The van der Waals surface area contributed by atoms with Gasteiger partial charge in [0.1, 0.15) is 0 Å². The molecule has 0 aromatic heterocycles. The second-order valence-corrected chi connectivity index (χ2v) is 0. The molecule has 0 amide bonds. The molecule has 0 radical (unpaired) electrons. The summed E-state index contributed by atoms with van der Waals surface area (Å²) in [6.07, 6.45) is 0. The summed E-state index contributed by atoms with van der Waals surface area (Å²) >= 11 is 0. The molecule has 0 aliphatic carbocycles. The molecular formula is H5Li3O2. The average molecular weight is 57.9 g/mol. The SMILES string of the molecule is OO.[H-].[H-].[H-].[Li+].[Li+].[Li+]. The molecule has 2 N–H and O–H groups in total. The van der Waals surface area contributed by atoms with Gasteiger partial charge in [0.2, 0.25) is 0 Å². The molecule has 0 saturated heterocycles. The van der Waals surface area contributed by atoms with Crippen molar-refractivity contribution >= 4 is 0 Å². The largest absolute Gasteiger partial charge is 1.00 e. The third-order valence-corrected chi connectivity index (χ3v) is 0. The van der Waals surface area contributed by atoms with Gasteiger partial charge in [0.25, 0.3) is 0 Å². The second kappa shape index (κ2) is 43.3. The summed E-state index contributed by atoms with van der Waals surface area (Å²) in [5.41, 5.74) is 0. The topological polar surface area (TPSA) is 40.5 Å². The minimum Gasteiger partial charge on any atom is -1.00 e. The molecule has 0 rings (SSSR count). The summed E-state index contributed by atoms with van der Waals surface area (Å²) in [4.78, 5) is 0. The molecule has 0 bridgehead atoms.